The molecule has 0 radical (unpaired) electrons. The summed E-state index contributed by atoms with van der Waals surface area (Å²) in [6.07, 6.45) is 18.1. The van der Waals surface area contributed by atoms with Crippen LogP contribution in [-0.2, 0) is 64.2 Å². The van der Waals surface area contributed by atoms with Crippen LogP contribution in [0.4, 0.5) is 0 Å². The predicted octanol–water partition coefficient (Wildman–Crippen LogP) is 24.2. The SMILES string of the molecule is C1=CC2=C(CC1)c1ccc3c(c1C2)Cc1ccccc1-3.c1ccc2c(c1)Cc1c-2ccc2c1-c1ccccc1C2.c1ccc2c(c1)Cc1cc3c(cc1-2)-c1ccccc1C3.c1ccc2c(c1)Cc1cc3c(cc1-2)Cc1ccccc1-3.c1ccc2c(c1)Cc1ccc3c(c1-2)-c1ccccc1C3. The van der Waals surface area contributed by atoms with E-state index in [0.717, 1.165) is 64.2 Å². The van der Waals surface area contributed by atoms with Crippen LogP contribution < -0.4 is 0 Å². The molecule has 0 unspecified atom stereocenters. The van der Waals surface area contributed by atoms with Crippen LogP contribution in [0.3, 0.4) is 0 Å². The van der Waals surface area contributed by atoms with Crippen molar-refractivity contribution in [3.05, 3.63) is 408 Å². The highest BCUT2D eigenvalue weighted by atomic mass is 14.4. The van der Waals surface area contributed by atoms with E-state index >= 15 is 0 Å². The molecule has 0 aromatic heterocycles. The Kier molecular flexibility index (Phi) is 13.3. The van der Waals surface area contributed by atoms with Crippen molar-refractivity contribution in [2.45, 2.75) is 77.0 Å². The van der Waals surface area contributed by atoms with Crippen molar-refractivity contribution >= 4 is 5.57 Å². The molecule has 100 heavy (non-hydrogen) atoms. The Labute approximate surface area is 587 Å². The van der Waals surface area contributed by atoms with E-state index in [1.807, 2.05) is 0 Å². The summed E-state index contributed by atoms with van der Waals surface area (Å²) in [4.78, 5) is 0. The molecule has 0 bridgehead atoms. The number of benzene rings is 14. The Morgan fingerprint density at radius 1 is 0.170 bits per heavy atom. The Morgan fingerprint density at radius 3 is 0.910 bits per heavy atom. The standard InChI is InChI=1S/4C20H14.C20H16/c1-3-7-16-14(6-1)12-19-18(16)10-9-15-11-13-5-2-4-8-17(13)20(15)19;1-3-7-17-13(5-1)9-15-11-20-16(12-19(15)17)10-14-6-2-4-8-18(14)20;1-3-7-17-13(5-1)9-15-11-16-10-14-6-2-4-8-18(14)20(16)12-19(15)17;1-3-7-17-13(5-1)11-15-9-10-16-12-14-6-2-4-8-18(14)20(16)19(15)17;1-3-7-15-13(5-1)11-19-17(15)9-10-18-16-8-4-2-6-14(16)12-20(18)19/h1-10H,11-12H2;2*1-8,11-12H,9-10H2;1-10H,11-12H2;1-3,5-7,9-10H,4,8,11-12H2. The third-order valence-electron chi connectivity index (χ3n) is 23.9. The van der Waals surface area contributed by atoms with Gasteiger partial charge in [0.1, 0.15) is 0 Å². The average Bonchev–Trinajstić information content (AvgIpc) is 1.60. The van der Waals surface area contributed by atoms with Gasteiger partial charge < -0.3 is 0 Å². The zero-order valence-corrected chi connectivity index (χ0v) is 56.2. The van der Waals surface area contributed by atoms with Crippen LogP contribution >= 0.6 is 0 Å². The maximum Gasteiger partial charge on any atom is -0.000718 e. The molecule has 472 valence electrons. The van der Waals surface area contributed by atoms with Crippen molar-refractivity contribution in [2.75, 3.05) is 0 Å². The van der Waals surface area contributed by atoms with E-state index in [1.54, 1.807) is 22.3 Å². The number of fused-ring (bicyclic) bond motifs is 32. The molecule has 0 nitrogen and oxygen atoms in total. The third kappa shape index (κ3) is 9.26. The first-order valence-electron chi connectivity index (χ1n) is 36.4. The van der Waals surface area contributed by atoms with Gasteiger partial charge in [0.05, 0.1) is 0 Å². The summed E-state index contributed by atoms with van der Waals surface area (Å²) in [5.74, 6) is 0. The lowest BCUT2D eigenvalue weighted by molar-refractivity contribution is 1.04. The minimum atomic E-state index is 1.08. The number of allylic oxidation sites excluding steroid dienone is 4. The fraction of sp³-hybridized carbons (Fsp3) is 0.120. The van der Waals surface area contributed by atoms with Gasteiger partial charge in [-0.1, -0.05) is 273 Å². The molecule has 11 aliphatic carbocycles. The summed E-state index contributed by atoms with van der Waals surface area (Å²) in [5.41, 5.74) is 59.3. The van der Waals surface area contributed by atoms with Crippen LogP contribution in [0.15, 0.2) is 297 Å². The molecule has 0 saturated carbocycles. The summed E-state index contributed by atoms with van der Waals surface area (Å²) < 4.78 is 0. The van der Waals surface area contributed by atoms with Gasteiger partial charge in [0, 0.05) is 0 Å². The van der Waals surface area contributed by atoms with Gasteiger partial charge in [-0.15, -0.1) is 0 Å². The Bertz CT molecular complexity index is 5680. The first-order chi connectivity index (χ1) is 49.5. The maximum absolute atomic E-state index is 2.44. The van der Waals surface area contributed by atoms with Gasteiger partial charge in [0.25, 0.3) is 0 Å². The number of hydrogen-bond donors (Lipinski definition) is 0. The maximum atomic E-state index is 2.44. The van der Waals surface area contributed by atoms with E-state index in [2.05, 4.69) is 291 Å². The zero-order chi connectivity index (χ0) is 65.5. The van der Waals surface area contributed by atoms with E-state index in [9.17, 15) is 0 Å². The highest BCUT2D eigenvalue weighted by Crippen LogP contribution is 2.53. The second kappa shape index (κ2) is 23.1. The highest BCUT2D eigenvalue weighted by molar-refractivity contribution is 5.96. The smallest absolute Gasteiger partial charge is 0.000718 e. The molecule has 11 aliphatic rings. The van der Waals surface area contributed by atoms with Crippen LogP contribution in [-0.4, -0.2) is 0 Å². The van der Waals surface area contributed by atoms with Crippen LogP contribution in [0.2, 0.25) is 0 Å². The van der Waals surface area contributed by atoms with E-state index in [1.165, 1.54) is 213 Å². The summed E-state index contributed by atoms with van der Waals surface area (Å²) >= 11 is 0. The van der Waals surface area contributed by atoms with Crippen molar-refractivity contribution in [3.8, 4) is 100 Å². The van der Waals surface area contributed by atoms with Crippen LogP contribution in [0.5, 0.6) is 0 Å². The van der Waals surface area contributed by atoms with Crippen molar-refractivity contribution in [1.29, 1.82) is 0 Å². The fourth-order valence-electron chi connectivity index (χ4n) is 19.4. The molecule has 0 N–H and O–H groups in total. The summed E-state index contributed by atoms with van der Waals surface area (Å²) in [6, 6.07) is 103. The monoisotopic (exact) mass is 1270 g/mol. The van der Waals surface area contributed by atoms with E-state index in [4.69, 9.17) is 0 Å². The Balaban J connectivity index is 0.0000000818. The zero-order valence-electron chi connectivity index (χ0n) is 56.2. The number of hydrogen-bond acceptors (Lipinski definition) is 0. The number of rotatable bonds is 0. The molecule has 0 fully saturated rings. The normalized spacial score (nSPS) is 14.4. The first kappa shape index (κ1) is 57.6. The molecule has 25 rings (SSSR count). The Hall–Kier alpha value is -11.4. The molecular formula is C100H72. The molecule has 0 heteroatoms. The van der Waals surface area contributed by atoms with Crippen LogP contribution in [0.25, 0.3) is 106 Å². The first-order valence-corrected chi connectivity index (χ1v) is 36.4. The lowest BCUT2D eigenvalue weighted by Gasteiger charge is -2.10. The lowest BCUT2D eigenvalue weighted by Crippen LogP contribution is -1.93. The van der Waals surface area contributed by atoms with Gasteiger partial charge in [0.15, 0.2) is 0 Å². The van der Waals surface area contributed by atoms with Gasteiger partial charge >= 0.3 is 0 Å². The second-order valence-corrected chi connectivity index (χ2v) is 29.3. The molecule has 14 aromatic carbocycles. The topological polar surface area (TPSA) is 0 Å². The lowest BCUT2D eigenvalue weighted by atomic mass is 9.94. The molecule has 0 aliphatic heterocycles. The largest absolute Gasteiger partial charge is 0.0839 e. The van der Waals surface area contributed by atoms with Crippen molar-refractivity contribution in [2.24, 2.45) is 0 Å². The second-order valence-electron chi connectivity index (χ2n) is 29.3. The van der Waals surface area contributed by atoms with Crippen molar-refractivity contribution in [1.82, 2.24) is 0 Å². The summed E-state index contributed by atoms with van der Waals surface area (Å²) in [7, 11) is 0. The molecule has 0 saturated heterocycles. The molecule has 0 amide bonds. The molecule has 0 heterocycles. The van der Waals surface area contributed by atoms with Gasteiger partial charge in [0.2, 0.25) is 0 Å². The average molecular weight is 1270 g/mol. The van der Waals surface area contributed by atoms with Crippen LogP contribution in [0.1, 0.15) is 124 Å². The van der Waals surface area contributed by atoms with Gasteiger partial charge in [-0.05, 0) is 318 Å². The van der Waals surface area contributed by atoms with Crippen molar-refractivity contribution in [3.63, 3.8) is 0 Å². The molecule has 0 atom stereocenters. The molecule has 0 spiro atoms. The quantitative estimate of drug-likeness (QED) is 0.142. The highest BCUT2D eigenvalue weighted by Gasteiger charge is 2.33. The summed E-state index contributed by atoms with van der Waals surface area (Å²) in [5, 5.41) is 0. The van der Waals surface area contributed by atoms with E-state index < -0.39 is 0 Å². The fourth-order valence-corrected chi connectivity index (χ4v) is 19.4. The third-order valence-corrected chi connectivity index (χ3v) is 23.9. The minimum absolute atomic E-state index is 1.08. The summed E-state index contributed by atoms with van der Waals surface area (Å²) in [6.45, 7) is 0. The predicted molar refractivity (Wildman–Crippen MR) is 415 cm³/mol. The van der Waals surface area contributed by atoms with Gasteiger partial charge in [-0.2, -0.15) is 0 Å². The van der Waals surface area contributed by atoms with E-state index in [0.29, 0.717) is 0 Å². The Morgan fingerprint density at radius 2 is 0.460 bits per heavy atom. The van der Waals surface area contributed by atoms with Gasteiger partial charge in [-0.25, -0.2) is 0 Å². The molecule has 14 aromatic rings. The van der Waals surface area contributed by atoms with E-state index in [-0.39, 0.29) is 0 Å². The minimum Gasteiger partial charge on any atom is -0.0839 e. The van der Waals surface area contributed by atoms with Crippen molar-refractivity contribution < 1.29 is 0 Å². The van der Waals surface area contributed by atoms with Crippen LogP contribution in [0, 0.1) is 0 Å². The van der Waals surface area contributed by atoms with Gasteiger partial charge in [-0.3, -0.25) is 0 Å². The molecular weight excluding hydrogens is 1200 g/mol.